The maximum absolute atomic E-state index is 13.4. The van der Waals surface area contributed by atoms with Crippen molar-refractivity contribution in [3.63, 3.8) is 0 Å². The smallest absolute Gasteiger partial charge is 0.276 e. The van der Waals surface area contributed by atoms with Crippen molar-refractivity contribution in [1.29, 1.82) is 0 Å². The Balaban J connectivity index is 1.59. The SMILES string of the molecule is O=C(c1ccccc1Cl)N1N=C2/C(=C/c3ccco3)CCCC2C1c1ccco1. The van der Waals surface area contributed by atoms with E-state index in [4.69, 9.17) is 25.5 Å². The van der Waals surface area contributed by atoms with Crippen LogP contribution in [0.3, 0.4) is 0 Å². The predicted molar refractivity (Wildman–Crippen MR) is 111 cm³/mol. The summed E-state index contributed by atoms with van der Waals surface area (Å²) in [5.41, 5.74) is 2.46. The lowest BCUT2D eigenvalue weighted by Gasteiger charge is -2.27. The fourth-order valence-electron chi connectivity index (χ4n) is 4.21. The molecule has 0 bridgehead atoms. The van der Waals surface area contributed by atoms with E-state index >= 15 is 0 Å². The van der Waals surface area contributed by atoms with Crippen molar-refractivity contribution < 1.29 is 13.6 Å². The molecule has 1 aromatic carbocycles. The monoisotopic (exact) mass is 406 g/mol. The van der Waals surface area contributed by atoms with Crippen LogP contribution in [0.2, 0.25) is 5.02 Å². The summed E-state index contributed by atoms with van der Waals surface area (Å²) in [4.78, 5) is 13.4. The molecule has 1 saturated carbocycles. The zero-order valence-corrected chi connectivity index (χ0v) is 16.4. The third-order valence-electron chi connectivity index (χ3n) is 5.51. The molecule has 146 valence electrons. The van der Waals surface area contributed by atoms with Gasteiger partial charge in [0.15, 0.2) is 0 Å². The van der Waals surface area contributed by atoms with Gasteiger partial charge in [0.25, 0.3) is 5.91 Å². The van der Waals surface area contributed by atoms with Crippen LogP contribution in [-0.2, 0) is 0 Å². The Kier molecular flexibility index (Phi) is 4.60. The van der Waals surface area contributed by atoms with Gasteiger partial charge in [-0.3, -0.25) is 4.79 Å². The van der Waals surface area contributed by atoms with Gasteiger partial charge in [0.2, 0.25) is 0 Å². The predicted octanol–water partition coefficient (Wildman–Crippen LogP) is 5.96. The number of allylic oxidation sites excluding steroid dienone is 1. The summed E-state index contributed by atoms with van der Waals surface area (Å²) in [7, 11) is 0. The molecule has 3 aromatic rings. The van der Waals surface area contributed by atoms with Crippen LogP contribution in [0, 0.1) is 5.92 Å². The lowest BCUT2D eigenvalue weighted by atomic mass is 9.79. The molecule has 29 heavy (non-hydrogen) atoms. The highest BCUT2D eigenvalue weighted by Gasteiger charge is 2.45. The van der Waals surface area contributed by atoms with Gasteiger partial charge in [0.1, 0.15) is 17.6 Å². The molecule has 6 heteroatoms. The van der Waals surface area contributed by atoms with Gasteiger partial charge < -0.3 is 8.83 Å². The Morgan fingerprint density at radius 1 is 1.10 bits per heavy atom. The number of hydrogen-bond donors (Lipinski definition) is 0. The van der Waals surface area contributed by atoms with Crippen molar-refractivity contribution in [1.82, 2.24) is 5.01 Å². The van der Waals surface area contributed by atoms with E-state index in [0.717, 1.165) is 42.1 Å². The van der Waals surface area contributed by atoms with E-state index < -0.39 is 0 Å². The number of carbonyl (C=O) groups is 1. The van der Waals surface area contributed by atoms with E-state index in [2.05, 4.69) is 0 Å². The number of nitrogens with zero attached hydrogens (tertiary/aromatic N) is 2. The average Bonchev–Trinajstić information content (AvgIpc) is 3.48. The van der Waals surface area contributed by atoms with E-state index in [9.17, 15) is 4.79 Å². The average molecular weight is 407 g/mol. The molecule has 3 heterocycles. The highest BCUT2D eigenvalue weighted by molar-refractivity contribution is 6.33. The summed E-state index contributed by atoms with van der Waals surface area (Å²) in [6.45, 7) is 0. The van der Waals surface area contributed by atoms with E-state index in [0.29, 0.717) is 10.6 Å². The Morgan fingerprint density at radius 2 is 1.93 bits per heavy atom. The third-order valence-corrected chi connectivity index (χ3v) is 5.84. The second kappa shape index (κ2) is 7.41. The quantitative estimate of drug-likeness (QED) is 0.539. The van der Waals surface area contributed by atoms with Crippen LogP contribution in [0.5, 0.6) is 0 Å². The summed E-state index contributed by atoms with van der Waals surface area (Å²) in [6.07, 6.45) is 8.16. The summed E-state index contributed by atoms with van der Waals surface area (Å²) >= 11 is 6.30. The third kappa shape index (κ3) is 3.21. The van der Waals surface area contributed by atoms with Gasteiger partial charge in [-0.05, 0) is 67.3 Å². The van der Waals surface area contributed by atoms with E-state index in [-0.39, 0.29) is 17.9 Å². The van der Waals surface area contributed by atoms with Gasteiger partial charge in [-0.1, -0.05) is 23.7 Å². The first kappa shape index (κ1) is 18.0. The lowest BCUT2D eigenvalue weighted by Crippen LogP contribution is -2.31. The normalized spacial score (nSPS) is 22.6. The van der Waals surface area contributed by atoms with Gasteiger partial charge in [0, 0.05) is 5.92 Å². The maximum atomic E-state index is 13.4. The molecule has 1 aliphatic heterocycles. The Labute approximate surface area is 173 Å². The van der Waals surface area contributed by atoms with E-state index in [1.807, 2.05) is 36.4 Å². The Hall–Kier alpha value is -3.05. The minimum atomic E-state index is -0.288. The molecule has 2 atom stereocenters. The molecule has 0 radical (unpaired) electrons. The largest absolute Gasteiger partial charge is 0.467 e. The summed E-state index contributed by atoms with van der Waals surface area (Å²) < 4.78 is 11.2. The van der Waals surface area contributed by atoms with Crippen molar-refractivity contribution in [2.24, 2.45) is 11.0 Å². The number of fused-ring (bicyclic) bond motifs is 1. The second-order valence-corrected chi connectivity index (χ2v) is 7.67. The zero-order chi connectivity index (χ0) is 19.8. The number of rotatable bonds is 3. The summed E-state index contributed by atoms with van der Waals surface area (Å²) in [6, 6.07) is 14.3. The van der Waals surface area contributed by atoms with Crippen LogP contribution < -0.4 is 0 Å². The van der Waals surface area contributed by atoms with Crippen LogP contribution in [0.25, 0.3) is 6.08 Å². The van der Waals surface area contributed by atoms with E-state index in [1.165, 1.54) is 0 Å². The van der Waals surface area contributed by atoms with Gasteiger partial charge in [-0.15, -0.1) is 0 Å². The van der Waals surface area contributed by atoms with Gasteiger partial charge in [0.05, 0.1) is 28.8 Å². The van der Waals surface area contributed by atoms with Crippen molar-refractivity contribution in [2.75, 3.05) is 0 Å². The van der Waals surface area contributed by atoms with Crippen LogP contribution in [0.15, 0.2) is 80.6 Å². The van der Waals surface area contributed by atoms with Crippen LogP contribution >= 0.6 is 11.6 Å². The first-order valence-corrected chi connectivity index (χ1v) is 10.0. The molecule has 1 fully saturated rings. The van der Waals surface area contributed by atoms with Crippen LogP contribution in [0.4, 0.5) is 0 Å². The Morgan fingerprint density at radius 3 is 2.69 bits per heavy atom. The van der Waals surface area contributed by atoms with Crippen LogP contribution in [0.1, 0.15) is 47.2 Å². The second-order valence-electron chi connectivity index (χ2n) is 7.26. The molecule has 2 unspecified atom stereocenters. The molecule has 0 saturated heterocycles. The molecule has 1 aliphatic carbocycles. The number of hydrogen-bond acceptors (Lipinski definition) is 4. The highest BCUT2D eigenvalue weighted by Crippen LogP contribution is 2.45. The number of benzene rings is 1. The van der Waals surface area contributed by atoms with Crippen molar-refractivity contribution >= 4 is 29.3 Å². The number of amides is 1. The highest BCUT2D eigenvalue weighted by atomic mass is 35.5. The molecule has 2 aromatic heterocycles. The van der Waals surface area contributed by atoms with Gasteiger partial charge in [-0.2, -0.15) is 5.10 Å². The summed E-state index contributed by atoms with van der Waals surface area (Å²) in [5.74, 6) is 1.36. The Bertz CT molecular complexity index is 1080. The molecule has 2 aliphatic rings. The van der Waals surface area contributed by atoms with Crippen LogP contribution in [-0.4, -0.2) is 16.6 Å². The first-order valence-electron chi connectivity index (χ1n) is 9.67. The van der Waals surface area contributed by atoms with Crippen molar-refractivity contribution in [3.05, 3.63) is 88.7 Å². The fraction of sp³-hybridized carbons (Fsp3) is 0.217. The fourth-order valence-corrected chi connectivity index (χ4v) is 4.43. The zero-order valence-electron chi connectivity index (χ0n) is 15.6. The topological polar surface area (TPSA) is 59.0 Å². The minimum Gasteiger partial charge on any atom is -0.467 e. The standard InChI is InChI=1S/C23H19ClN2O3/c24-19-10-2-1-8-17(19)23(27)26-22(20-11-5-13-29-20)18-9-3-6-15(21(18)25-26)14-16-7-4-12-28-16/h1-2,4-5,7-8,10-14,18,22H,3,6,9H2/b15-14+. The molecule has 5 nitrogen and oxygen atoms in total. The number of halogens is 1. The minimum absolute atomic E-state index is 0.0718. The number of hydrazone groups is 1. The molecule has 1 amide bonds. The lowest BCUT2D eigenvalue weighted by molar-refractivity contribution is 0.0656. The van der Waals surface area contributed by atoms with E-state index in [1.54, 1.807) is 35.7 Å². The number of furan rings is 2. The maximum Gasteiger partial charge on any atom is 0.276 e. The first-order chi connectivity index (χ1) is 14.2. The number of carbonyl (C=O) groups excluding carboxylic acids is 1. The molecule has 5 rings (SSSR count). The van der Waals surface area contributed by atoms with Crippen molar-refractivity contribution in [3.8, 4) is 0 Å². The molecule has 0 N–H and O–H groups in total. The van der Waals surface area contributed by atoms with Gasteiger partial charge in [-0.25, -0.2) is 5.01 Å². The molecular weight excluding hydrogens is 388 g/mol. The van der Waals surface area contributed by atoms with Crippen molar-refractivity contribution in [2.45, 2.75) is 25.3 Å². The van der Waals surface area contributed by atoms with Gasteiger partial charge >= 0.3 is 0 Å². The molecule has 0 spiro atoms. The molecular formula is C23H19ClN2O3. The summed E-state index contributed by atoms with van der Waals surface area (Å²) in [5, 5.41) is 6.76.